The first-order chi connectivity index (χ1) is 10.7. The van der Waals surface area contributed by atoms with E-state index in [-0.39, 0.29) is 25.4 Å². The molecule has 0 bridgehead atoms. The molecule has 1 rings (SSSR count). The standard InChI is InChI=1S/C15H24FN3O3S/c1-18(2)10-11-19(23(3,21)22)9-8-17-15(20)12-13-6-4-5-7-14(13)16/h4-7H,8-12H2,1-3H3,(H,17,20). The number of nitrogens with zero attached hydrogens (tertiary/aromatic N) is 2. The Morgan fingerprint density at radius 2 is 1.83 bits per heavy atom. The van der Waals surface area contributed by atoms with Crippen LogP contribution in [0.5, 0.6) is 0 Å². The zero-order valence-electron chi connectivity index (χ0n) is 13.8. The summed E-state index contributed by atoms with van der Waals surface area (Å²) in [6.45, 7) is 1.33. The topological polar surface area (TPSA) is 69.7 Å². The monoisotopic (exact) mass is 345 g/mol. The second-order valence-corrected chi connectivity index (χ2v) is 7.57. The summed E-state index contributed by atoms with van der Waals surface area (Å²) in [5.74, 6) is -0.762. The zero-order chi connectivity index (χ0) is 17.5. The molecule has 0 unspecified atom stereocenters. The van der Waals surface area contributed by atoms with Crippen molar-refractivity contribution in [3.05, 3.63) is 35.6 Å². The van der Waals surface area contributed by atoms with Crippen LogP contribution in [0.2, 0.25) is 0 Å². The van der Waals surface area contributed by atoms with Gasteiger partial charge in [0.05, 0.1) is 12.7 Å². The number of rotatable bonds is 9. The quantitative estimate of drug-likeness (QED) is 0.699. The summed E-state index contributed by atoms with van der Waals surface area (Å²) in [5, 5.41) is 2.62. The molecule has 0 aliphatic rings. The van der Waals surface area contributed by atoms with E-state index in [1.54, 1.807) is 18.2 Å². The minimum absolute atomic E-state index is 0.0662. The highest BCUT2D eigenvalue weighted by molar-refractivity contribution is 7.88. The summed E-state index contributed by atoms with van der Waals surface area (Å²) in [4.78, 5) is 13.7. The summed E-state index contributed by atoms with van der Waals surface area (Å²) in [6.07, 6.45) is 1.08. The van der Waals surface area contributed by atoms with E-state index in [4.69, 9.17) is 0 Å². The van der Waals surface area contributed by atoms with Crippen LogP contribution < -0.4 is 5.32 Å². The van der Waals surface area contributed by atoms with Crippen molar-refractivity contribution in [2.75, 3.05) is 46.5 Å². The second kappa shape index (κ2) is 8.95. The molecule has 0 aliphatic heterocycles. The van der Waals surface area contributed by atoms with Crippen LogP contribution >= 0.6 is 0 Å². The number of sulfonamides is 1. The molecule has 0 saturated heterocycles. The van der Waals surface area contributed by atoms with Crippen molar-refractivity contribution >= 4 is 15.9 Å². The summed E-state index contributed by atoms with van der Waals surface area (Å²) in [7, 11) is 0.387. The van der Waals surface area contributed by atoms with E-state index in [2.05, 4.69) is 5.32 Å². The predicted molar refractivity (Wildman–Crippen MR) is 88.1 cm³/mol. The van der Waals surface area contributed by atoms with Crippen LogP contribution in [0.4, 0.5) is 4.39 Å². The van der Waals surface area contributed by atoms with Gasteiger partial charge in [0.2, 0.25) is 15.9 Å². The van der Waals surface area contributed by atoms with Gasteiger partial charge in [-0.15, -0.1) is 0 Å². The third-order valence-electron chi connectivity index (χ3n) is 3.26. The van der Waals surface area contributed by atoms with Crippen LogP contribution in [-0.4, -0.2) is 70.1 Å². The molecule has 0 fully saturated rings. The highest BCUT2D eigenvalue weighted by Crippen LogP contribution is 2.06. The second-order valence-electron chi connectivity index (χ2n) is 5.58. The lowest BCUT2D eigenvalue weighted by atomic mass is 10.1. The van der Waals surface area contributed by atoms with Gasteiger partial charge >= 0.3 is 0 Å². The third-order valence-corrected chi connectivity index (χ3v) is 4.56. The van der Waals surface area contributed by atoms with Crippen molar-refractivity contribution in [2.45, 2.75) is 6.42 Å². The van der Waals surface area contributed by atoms with Crippen molar-refractivity contribution in [3.63, 3.8) is 0 Å². The molecular formula is C15H24FN3O3S. The van der Waals surface area contributed by atoms with Crippen LogP contribution in [0.25, 0.3) is 0 Å². The predicted octanol–water partition coefficient (Wildman–Crippen LogP) is 0.308. The number of hydrogen-bond acceptors (Lipinski definition) is 4. The smallest absolute Gasteiger partial charge is 0.224 e. The van der Waals surface area contributed by atoms with E-state index in [1.807, 2.05) is 19.0 Å². The summed E-state index contributed by atoms with van der Waals surface area (Å²) >= 11 is 0. The van der Waals surface area contributed by atoms with Gasteiger partial charge in [0.25, 0.3) is 0 Å². The molecule has 0 aliphatic carbocycles. The zero-order valence-corrected chi connectivity index (χ0v) is 14.6. The van der Waals surface area contributed by atoms with E-state index in [9.17, 15) is 17.6 Å². The van der Waals surface area contributed by atoms with Crippen molar-refractivity contribution in [1.82, 2.24) is 14.5 Å². The Hall–Kier alpha value is -1.51. The molecule has 0 atom stereocenters. The van der Waals surface area contributed by atoms with Crippen LogP contribution in [0, 0.1) is 5.82 Å². The van der Waals surface area contributed by atoms with Crippen molar-refractivity contribution in [2.24, 2.45) is 0 Å². The molecule has 0 heterocycles. The SMILES string of the molecule is CN(C)CCN(CCNC(=O)Cc1ccccc1F)S(C)(=O)=O. The molecule has 1 amide bonds. The van der Waals surface area contributed by atoms with Crippen LogP contribution in [0.15, 0.2) is 24.3 Å². The molecule has 0 saturated carbocycles. The van der Waals surface area contributed by atoms with Gasteiger partial charge in [-0.1, -0.05) is 18.2 Å². The molecule has 1 aromatic carbocycles. The van der Waals surface area contributed by atoms with E-state index >= 15 is 0 Å². The third kappa shape index (κ3) is 7.54. The molecule has 1 N–H and O–H groups in total. The normalized spacial score (nSPS) is 11.9. The highest BCUT2D eigenvalue weighted by atomic mass is 32.2. The fraction of sp³-hybridized carbons (Fsp3) is 0.533. The van der Waals surface area contributed by atoms with E-state index < -0.39 is 15.8 Å². The molecule has 6 nitrogen and oxygen atoms in total. The number of likely N-dealkylation sites (N-methyl/N-ethyl adjacent to an activating group) is 1. The number of halogens is 1. The summed E-state index contributed by atoms with van der Waals surface area (Å²) in [5.41, 5.74) is 0.317. The average Bonchev–Trinajstić information content (AvgIpc) is 2.43. The maximum atomic E-state index is 13.5. The van der Waals surface area contributed by atoms with Crippen LogP contribution in [0.1, 0.15) is 5.56 Å². The van der Waals surface area contributed by atoms with Crippen LogP contribution in [0.3, 0.4) is 0 Å². The van der Waals surface area contributed by atoms with Gasteiger partial charge in [0, 0.05) is 26.2 Å². The number of benzene rings is 1. The maximum absolute atomic E-state index is 13.5. The molecule has 0 radical (unpaired) electrons. The number of amides is 1. The fourth-order valence-electron chi connectivity index (χ4n) is 1.95. The van der Waals surface area contributed by atoms with Gasteiger partial charge in [-0.3, -0.25) is 4.79 Å². The van der Waals surface area contributed by atoms with Gasteiger partial charge in [-0.05, 0) is 25.7 Å². The lowest BCUT2D eigenvalue weighted by molar-refractivity contribution is -0.120. The first kappa shape index (κ1) is 19.5. The first-order valence-corrected chi connectivity index (χ1v) is 9.15. The van der Waals surface area contributed by atoms with Crippen molar-refractivity contribution < 1.29 is 17.6 Å². The van der Waals surface area contributed by atoms with Gasteiger partial charge in [-0.25, -0.2) is 12.8 Å². The molecule has 8 heteroatoms. The Balaban J connectivity index is 2.46. The molecule has 0 spiro atoms. The Morgan fingerprint density at radius 3 is 2.39 bits per heavy atom. The Kier molecular flexibility index (Phi) is 7.60. The highest BCUT2D eigenvalue weighted by Gasteiger charge is 2.16. The number of carbonyl (C=O) groups excluding carboxylic acids is 1. The van der Waals surface area contributed by atoms with E-state index in [1.165, 1.54) is 10.4 Å². The van der Waals surface area contributed by atoms with E-state index in [0.717, 1.165) is 6.26 Å². The fourth-order valence-corrected chi connectivity index (χ4v) is 2.79. The lowest BCUT2D eigenvalue weighted by Crippen LogP contribution is -2.41. The Bertz CT molecular complexity index is 620. The van der Waals surface area contributed by atoms with Crippen molar-refractivity contribution in [3.8, 4) is 0 Å². The van der Waals surface area contributed by atoms with Gasteiger partial charge in [0.1, 0.15) is 5.82 Å². The number of carbonyl (C=O) groups is 1. The van der Waals surface area contributed by atoms with Crippen LogP contribution in [-0.2, 0) is 21.2 Å². The minimum atomic E-state index is -3.33. The molecular weight excluding hydrogens is 321 g/mol. The number of nitrogens with one attached hydrogen (secondary N) is 1. The Labute approximate surface area is 137 Å². The molecule has 0 aromatic heterocycles. The number of hydrogen-bond donors (Lipinski definition) is 1. The molecule has 130 valence electrons. The maximum Gasteiger partial charge on any atom is 0.224 e. The van der Waals surface area contributed by atoms with Gasteiger partial charge in [0.15, 0.2) is 0 Å². The summed E-state index contributed by atoms with van der Waals surface area (Å²) in [6, 6.07) is 6.08. The summed E-state index contributed by atoms with van der Waals surface area (Å²) < 4.78 is 38.2. The minimum Gasteiger partial charge on any atom is -0.354 e. The Morgan fingerprint density at radius 1 is 1.17 bits per heavy atom. The van der Waals surface area contributed by atoms with Gasteiger partial charge < -0.3 is 10.2 Å². The lowest BCUT2D eigenvalue weighted by Gasteiger charge is -2.22. The largest absolute Gasteiger partial charge is 0.354 e. The first-order valence-electron chi connectivity index (χ1n) is 7.30. The van der Waals surface area contributed by atoms with Gasteiger partial charge in [-0.2, -0.15) is 4.31 Å². The average molecular weight is 345 g/mol. The van der Waals surface area contributed by atoms with Crippen molar-refractivity contribution in [1.29, 1.82) is 0 Å². The molecule has 23 heavy (non-hydrogen) atoms. The molecule has 1 aromatic rings. The van der Waals surface area contributed by atoms with E-state index in [0.29, 0.717) is 18.7 Å².